The van der Waals surface area contributed by atoms with Gasteiger partial charge in [0.2, 0.25) is 0 Å². The highest BCUT2D eigenvalue weighted by Crippen LogP contribution is 2.47. The molecule has 216 valence electrons. The second-order valence-electron chi connectivity index (χ2n) is 12.4. The molecule has 1 unspecified atom stereocenters. The van der Waals surface area contributed by atoms with Crippen LogP contribution in [0, 0.1) is 11.8 Å². The number of hydrogen-bond acceptors (Lipinski definition) is 7. The number of fused-ring (bicyclic) bond motifs is 5. The molecule has 4 aliphatic rings. The van der Waals surface area contributed by atoms with Gasteiger partial charge < -0.3 is 19.6 Å². The molecule has 4 bridgehead atoms. The molecule has 6 rings (SSSR count). The Morgan fingerprint density at radius 3 is 2.33 bits per heavy atom. The number of oxime groups is 1. The van der Waals surface area contributed by atoms with Crippen molar-refractivity contribution < 1.29 is 19.8 Å². The summed E-state index contributed by atoms with van der Waals surface area (Å²) in [4.78, 5) is 38.3. The van der Waals surface area contributed by atoms with Crippen molar-refractivity contribution in [2.45, 2.75) is 108 Å². The Balaban J connectivity index is 1.34. The molecule has 0 radical (unpaired) electrons. The maximum absolute atomic E-state index is 14.2. The van der Waals surface area contributed by atoms with E-state index < -0.39 is 5.97 Å². The van der Waals surface area contributed by atoms with E-state index in [9.17, 15) is 14.7 Å². The summed E-state index contributed by atoms with van der Waals surface area (Å²) in [6, 6.07) is 9.41. The van der Waals surface area contributed by atoms with Gasteiger partial charge in [-0.1, -0.05) is 43.0 Å². The van der Waals surface area contributed by atoms with E-state index in [1.54, 1.807) is 0 Å². The highest BCUT2D eigenvalue weighted by atomic mass is 16.6. The number of para-hydroxylation sites is 2. The summed E-state index contributed by atoms with van der Waals surface area (Å²) >= 11 is 0. The van der Waals surface area contributed by atoms with E-state index in [-0.39, 0.29) is 49.1 Å². The van der Waals surface area contributed by atoms with E-state index in [2.05, 4.69) is 15.0 Å². The van der Waals surface area contributed by atoms with Crippen LogP contribution >= 0.6 is 0 Å². The van der Waals surface area contributed by atoms with Gasteiger partial charge >= 0.3 is 5.97 Å². The first-order valence-corrected chi connectivity index (χ1v) is 15.3. The van der Waals surface area contributed by atoms with Crippen LogP contribution in [0.5, 0.6) is 0 Å². The van der Waals surface area contributed by atoms with Gasteiger partial charge in [-0.2, -0.15) is 0 Å². The van der Waals surface area contributed by atoms with Crippen LogP contribution in [-0.2, 0) is 9.63 Å². The van der Waals surface area contributed by atoms with Crippen LogP contribution in [-0.4, -0.2) is 67.7 Å². The highest BCUT2D eigenvalue weighted by Gasteiger charge is 2.45. The summed E-state index contributed by atoms with van der Waals surface area (Å²) < 4.78 is 1.93. The van der Waals surface area contributed by atoms with Gasteiger partial charge in [-0.05, 0) is 68.9 Å². The smallest absolute Gasteiger partial charge is 0.303 e. The summed E-state index contributed by atoms with van der Waals surface area (Å²) in [7, 11) is 0. The average Bonchev–Trinajstić information content (AvgIpc) is 2.94. The van der Waals surface area contributed by atoms with E-state index in [0.717, 1.165) is 30.2 Å². The molecule has 9 nitrogen and oxygen atoms in total. The maximum atomic E-state index is 14.2. The molecule has 2 saturated heterocycles. The zero-order chi connectivity index (χ0) is 27.6. The zero-order valence-corrected chi connectivity index (χ0v) is 23.3. The van der Waals surface area contributed by atoms with Crippen LogP contribution in [0.1, 0.15) is 95.2 Å². The van der Waals surface area contributed by atoms with Crippen molar-refractivity contribution in [3.05, 3.63) is 40.3 Å². The first kappa shape index (κ1) is 27.4. The Morgan fingerprint density at radius 2 is 1.62 bits per heavy atom. The molecule has 9 heteroatoms. The number of carbonyl (C=O) groups is 1. The Morgan fingerprint density at radius 1 is 0.925 bits per heavy atom. The second-order valence-corrected chi connectivity index (χ2v) is 12.4. The maximum Gasteiger partial charge on any atom is 0.303 e. The number of aliphatic hydroxyl groups is 1. The third-order valence-corrected chi connectivity index (χ3v) is 9.90. The van der Waals surface area contributed by atoms with Crippen molar-refractivity contribution in [2.24, 2.45) is 17.0 Å². The number of aromatic nitrogens is 2. The van der Waals surface area contributed by atoms with Gasteiger partial charge in [-0.15, -0.1) is 0 Å². The molecule has 3 heterocycles. The number of aliphatic carboxylic acids is 1. The molecule has 2 saturated carbocycles. The summed E-state index contributed by atoms with van der Waals surface area (Å²) in [6.45, 7) is -0.266. The zero-order valence-electron chi connectivity index (χ0n) is 23.3. The molecule has 40 heavy (non-hydrogen) atoms. The lowest BCUT2D eigenvalue weighted by Gasteiger charge is -2.55. The Bertz CT molecular complexity index is 1280. The van der Waals surface area contributed by atoms with E-state index in [1.807, 2.05) is 28.8 Å². The fraction of sp³-hybridized carbons (Fsp3) is 0.677. The van der Waals surface area contributed by atoms with Crippen molar-refractivity contribution in [3.8, 4) is 0 Å². The summed E-state index contributed by atoms with van der Waals surface area (Å²) in [5.74, 6) is 0.798. The Labute approximate surface area is 235 Å². The van der Waals surface area contributed by atoms with Gasteiger partial charge in [-0.3, -0.25) is 14.5 Å². The fourth-order valence-electron chi connectivity index (χ4n) is 8.44. The SMILES string of the molecule is O=C(O)CC/C(=N\OCCO)c1nc2ccccc2n([C@H]2C[C@H]3CCC[C@@H](C2)N3C2C[C@H]3CCC[C@@H](C2)C3)c1=O. The van der Waals surface area contributed by atoms with Crippen molar-refractivity contribution in [3.63, 3.8) is 0 Å². The van der Waals surface area contributed by atoms with Crippen LogP contribution in [0.3, 0.4) is 0 Å². The average molecular weight is 551 g/mol. The third-order valence-electron chi connectivity index (χ3n) is 9.90. The minimum Gasteiger partial charge on any atom is -0.481 e. The molecule has 2 aromatic rings. The van der Waals surface area contributed by atoms with Gasteiger partial charge in [0.1, 0.15) is 12.3 Å². The molecule has 2 aliphatic carbocycles. The Kier molecular flexibility index (Phi) is 8.21. The lowest BCUT2D eigenvalue weighted by Crippen LogP contribution is -2.58. The molecule has 1 aromatic carbocycles. The van der Waals surface area contributed by atoms with E-state index >= 15 is 0 Å². The van der Waals surface area contributed by atoms with Gasteiger partial charge in [0.15, 0.2) is 5.69 Å². The van der Waals surface area contributed by atoms with Crippen molar-refractivity contribution in [1.29, 1.82) is 0 Å². The van der Waals surface area contributed by atoms with Crippen LogP contribution in [0.15, 0.2) is 34.2 Å². The van der Waals surface area contributed by atoms with Crippen molar-refractivity contribution in [1.82, 2.24) is 14.5 Å². The first-order valence-electron chi connectivity index (χ1n) is 15.3. The number of carboxylic acid groups (broad SMARTS) is 1. The van der Waals surface area contributed by atoms with Crippen LogP contribution < -0.4 is 5.56 Å². The normalized spacial score (nSPS) is 30.8. The number of aliphatic hydroxyl groups excluding tert-OH is 1. The first-order chi connectivity index (χ1) is 19.5. The standard InChI is InChI=1S/C31H42N4O5/c36-13-14-40-33-27(11-12-29(37)38)30-31(39)35(28-10-2-1-9-26(28)32-30)25-18-22-7-4-8-23(19-25)34(22)24-16-20-5-3-6-21(15-20)17-24/h1-2,9-10,20-25,36H,3-8,11-19H2,(H,37,38)/b33-27+/t20-,21+,22-,23+,24?,25+. The fourth-order valence-corrected chi connectivity index (χ4v) is 8.44. The number of nitrogens with zero attached hydrogens (tertiary/aromatic N) is 4. The lowest BCUT2D eigenvalue weighted by atomic mass is 9.68. The monoisotopic (exact) mass is 550 g/mol. The Hall–Kier alpha value is -2.78. The third kappa shape index (κ3) is 5.55. The molecule has 2 N–H and O–H groups in total. The molecular formula is C31H42N4O5. The number of benzene rings is 1. The minimum absolute atomic E-state index is 0.0229. The predicted molar refractivity (Wildman–Crippen MR) is 152 cm³/mol. The van der Waals surface area contributed by atoms with Crippen LogP contribution in [0.4, 0.5) is 0 Å². The van der Waals surface area contributed by atoms with Crippen LogP contribution in [0.2, 0.25) is 0 Å². The molecule has 1 aromatic heterocycles. The van der Waals surface area contributed by atoms with Gasteiger partial charge in [-0.25, -0.2) is 4.98 Å². The van der Waals surface area contributed by atoms with E-state index in [0.29, 0.717) is 23.6 Å². The number of rotatable bonds is 9. The minimum atomic E-state index is -0.983. The summed E-state index contributed by atoms with van der Waals surface area (Å²) in [6.07, 6.45) is 13.6. The molecular weight excluding hydrogens is 508 g/mol. The van der Waals surface area contributed by atoms with Crippen LogP contribution in [0.25, 0.3) is 11.0 Å². The van der Waals surface area contributed by atoms with E-state index in [1.165, 1.54) is 57.8 Å². The van der Waals surface area contributed by atoms with Crippen molar-refractivity contribution >= 4 is 22.7 Å². The number of piperidine rings is 2. The molecule has 0 amide bonds. The molecule has 2 aliphatic heterocycles. The number of carboxylic acids is 1. The molecule has 4 fully saturated rings. The lowest BCUT2D eigenvalue weighted by molar-refractivity contribution is -0.136. The highest BCUT2D eigenvalue weighted by molar-refractivity contribution is 6.00. The second kappa shape index (κ2) is 12.0. The largest absolute Gasteiger partial charge is 0.481 e. The topological polar surface area (TPSA) is 117 Å². The summed E-state index contributed by atoms with van der Waals surface area (Å²) in [5, 5.41) is 22.5. The molecule has 6 atom stereocenters. The quantitative estimate of drug-likeness (QED) is 0.268. The van der Waals surface area contributed by atoms with Gasteiger partial charge in [0, 0.05) is 30.6 Å². The molecule has 0 spiro atoms. The van der Waals surface area contributed by atoms with Crippen molar-refractivity contribution in [2.75, 3.05) is 13.2 Å². The predicted octanol–water partition coefficient (Wildman–Crippen LogP) is 4.50. The van der Waals surface area contributed by atoms with Gasteiger partial charge in [0.25, 0.3) is 5.56 Å². The summed E-state index contributed by atoms with van der Waals surface area (Å²) in [5.41, 5.74) is 1.63. The number of hydrogen-bond donors (Lipinski definition) is 2. The van der Waals surface area contributed by atoms with E-state index in [4.69, 9.17) is 9.94 Å². The van der Waals surface area contributed by atoms with Gasteiger partial charge in [0.05, 0.1) is 24.1 Å².